The first-order valence-corrected chi connectivity index (χ1v) is 25.9. The van der Waals surface area contributed by atoms with E-state index in [9.17, 15) is 20.4 Å². The first kappa shape index (κ1) is 59.0. The van der Waals surface area contributed by atoms with Crippen molar-refractivity contribution in [3.8, 4) is 0 Å². The van der Waals surface area contributed by atoms with E-state index in [4.69, 9.17) is 19.6 Å². The van der Waals surface area contributed by atoms with Crippen LogP contribution in [0.4, 0.5) is 0 Å². The van der Waals surface area contributed by atoms with E-state index in [1.165, 1.54) is 88.2 Å². The summed E-state index contributed by atoms with van der Waals surface area (Å²) in [6.45, 7) is 29.2. The largest absolute Gasteiger partial charge is 0.395 e. The predicted molar refractivity (Wildman–Crippen MR) is 262 cm³/mol. The molecule has 0 unspecified atom stereocenters. The van der Waals surface area contributed by atoms with Crippen LogP contribution < -0.4 is 0 Å². The van der Waals surface area contributed by atoms with E-state index in [0.717, 1.165) is 59.1 Å². The molecule has 0 heterocycles. The number of aliphatic hydroxyl groups is 4. The Morgan fingerprint density at radius 3 is 0.855 bits per heavy atom. The van der Waals surface area contributed by atoms with Crippen LogP contribution in [0.2, 0.25) is 0 Å². The summed E-state index contributed by atoms with van der Waals surface area (Å²) in [6, 6.07) is 9.19. The van der Waals surface area contributed by atoms with Crippen LogP contribution in [0.25, 0.3) is 0 Å². The van der Waals surface area contributed by atoms with Crippen LogP contribution in [0, 0.1) is 5.41 Å². The summed E-state index contributed by atoms with van der Waals surface area (Å²) < 4.78 is 3.60. The Labute approximate surface area is 381 Å². The maximum Gasteiger partial charge on any atom is 0.334 e. The number of rotatable bonds is 24. The molecule has 0 radical (unpaired) electrons. The Morgan fingerprint density at radius 2 is 0.661 bits per heavy atom. The lowest BCUT2D eigenvalue weighted by Gasteiger charge is -2.52. The molecule has 8 N–H and O–H groups in total. The van der Waals surface area contributed by atoms with Gasteiger partial charge < -0.3 is 40.0 Å². The Hall–Kier alpha value is -1.06. The highest BCUT2D eigenvalue weighted by molar-refractivity contribution is 7.53. The summed E-state index contributed by atoms with van der Waals surface area (Å²) in [6.07, 6.45) is 19.3. The highest BCUT2D eigenvalue weighted by Gasteiger charge is 2.58. The Bertz CT molecular complexity index is 1390. The first-order chi connectivity index (χ1) is 28.6. The zero-order chi connectivity index (χ0) is 47.7. The minimum Gasteiger partial charge on any atom is -0.395 e. The van der Waals surface area contributed by atoms with Crippen LogP contribution in [-0.4, -0.2) is 59.8 Å². The van der Waals surface area contributed by atoms with Gasteiger partial charge in [-0.2, -0.15) is 0 Å². The lowest BCUT2D eigenvalue weighted by atomic mass is 9.56. The fourth-order valence-electron chi connectivity index (χ4n) is 8.62. The Morgan fingerprint density at radius 1 is 0.419 bits per heavy atom. The number of aryl methyl sites for hydroxylation is 2. The lowest BCUT2D eigenvalue weighted by Crippen LogP contribution is -2.57. The zero-order valence-corrected chi connectivity index (χ0v) is 43.4. The molecule has 0 aliphatic carbocycles. The summed E-state index contributed by atoms with van der Waals surface area (Å²) in [5.41, 5.74) is 2.77. The maximum absolute atomic E-state index is 14.4. The third-order valence-electron chi connectivity index (χ3n) is 12.3. The van der Waals surface area contributed by atoms with Crippen molar-refractivity contribution in [2.24, 2.45) is 5.41 Å². The maximum atomic E-state index is 14.4. The molecule has 11 heteroatoms. The average molecular weight is 911 g/mol. The van der Waals surface area contributed by atoms with Gasteiger partial charge in [-0.1, -0.05) is 198 Å². The van der Waals surface area contributed by atoms with E-state index in [1.807, 2.05) is 0 Å². The smallest absolute Gasteiger partial charge is 0.334 e. The van der Waals surface area contributed by atoms with Gasteiger partial charge in [0.2, 0.25) is 0 Å². The molecule has 62 heavy (non-hydrogen) atoms. The average Bonchev–Trinajstić information content (AvgIpc) is 3.15. The van der Waals surface area contributed by atoms with E-state index < -0.39 is 69.7 Å². The van der Waals surface area contributed by atoms with E-state index in [-0.39, 0.29) is 0 Å². The van der Waals surface area contributed by atoms with Gasteiger partial charge in [0.15, 0.2) is 0 Å². The quantitative estimate of drug-likeness (QED) is 0.0377. The van der Waals surface area contributed by atoms with Gasteiger partial charge in [-0.25, -0.2) is 4.31 Å². The summed E-state index contributed by atoms with van der Waals surface area (Å²) in [7, 11) is -5.22. The molecule has 0 bridgehead atoms. The van der Waals surface area contributed by atoms with Crippen molar-refractivity contribution in [3.05, 3.63) is 68.8 Å². The van der Waals surface area contributed by atoms with Crippen molar-refractivity contribution in [1.82, 2.24) is 0 Å². The van der Waals surface area contributed by atoms with Crippen LogP contribution in [0.5, 0.6) is 0 Å². The molecule has 9 nitrogen and oxygen atoms in total. The van der Waals surface area contributed by atoms with E-state index in [2.05, 4.69) is 126 Å². The molecule has 0 saturated carbocycles. The highest BCUT2D eigenvalue weighted by Crippen LogP contribution is 2.56. The van der Waals surface area contributed by atoms with Gasteiger partial charge in [-0.15, -0.1) is 0 Å². The number of benzene rings is 2. The van der Waals surface area contributed by atoms with Gasteiger partial charge in [0.1, 0.15) is 5.60 Å². The third kappa shape index (κ3) is 17.3. The number of unbranched alkanes of at least 4 members (excludes halogenated alkanes) is 12. The van der Waals surface area contributed by atoms with E-state index in [1.54, 1.807) is 0 Å². The van der Waals surface area contributed by atoms with Crippen molar-refractivity contribution in [1.29, 1.82) is 0 Å². The second-order valence-electron chi connectivity index (χ2n) is 21.9. The molecular weight excluding hydrogens is 819 g/mol. The molecule has 0 aromatic heterocycles. The molecule has 0 amide bonds. The normalized spacial score (nSPS) is 13.3. The number of hydrogen-bond donors (Lipinski definition) is 8. The topological polar surface area (TPSA) is 171 Å². The van der Waals surface area contributed by atoms with Crippen molar-refractivity contribution in [2.45, 2.75) is 227 Å². The van der Waals surface area contributed by atoms with Crippen molar-refractivity contribution in [2.75, 3.05) is 19.8 Å². The second-order valence-corrected chi connectivity index (χ2v) is 23.6. The van der Waals surface area contributed by atoms with Crippen LogP contribution in [0.15, 0.2) is 24.3 Å². The fraction of sp³-hybridized carbons (Fsp3) is 0.765. The molecule has 0 aliphatic rings. The standard InChI is InChI=1S/C51H88O4.H4O5P2/c1-15-17-19-21-23-25-27-29-38-31-40(46(3,4)5)44(41(32-38)47(6,7)8)51(55,50(35-52,36-53)37-54)45-42(48(9,10)11)33-39(34-43(45)49(12,13)14)30-28-26-24-22-20-18-16-2;1-6(2)5-7(3)4/h31-34,52-55H,15-30,35-37H2,1-14H3;1-4H. The van der Waals surface area contributed by atoms with Gasteiger partial charge in [0.25, 0.3) is 0 Å². The molecule has 0 atom stereocenters. The van der Waals surface area contributed by atoms with Crippen LogP contribution in [0.3, 0.4) is 0 Å². The van der Waals surface area contributed by atoms with Crippen molar-refractivity contribution < 1.29 is 44.3 Å². The van der Waals surface area contributed by atoms with Crippen LogP contribution >= 0.6 is 17.2 Å². The molecule has 2 aromatic rings. The predicted octanol–water partition coefficient (Wildman–Crippen LogP) is 12.1. The minimum atomic E-state index is -2.61. The molecule has 0 aliphatic heterocycles. The first-order valence-electron chi connectivity index (χ1n) is 23.6. The SMILES string of the molecule is CCCCCCCCCc1cc(C(C)(C)C)c(C(O)(c2c(C(C)(C)C)cc(CCCCCCCCC)cc2C(C)(C)C)C(CO)(CO)CO)c(C(C)(C)C)c1.OP(O)OP(O)O. The van der Waals surface area contributed by atoms with E-state index >= 15 is 0 Å². The van der Waals surface area contributed by atoms with Gasteiger partial charge in [-0.05, 0) is 91.9 Å². The summed E-state index contributed by atoms with van der Waals surface area (Å²) in [4.78, 5) is 31.3. The molecule has 0 fully saturated rings. The highest BCUT2D eigenvalue weighted by atomic mass is 31.2. The van der Waals surface area contributed by atoms with E-state index in [0.29, 0.717) is 0 Å². The van der Waals surface area contributed by atoms with Crippen LogP contribution in [-0.2, 0) is 44.4 Å². The number of hydrogen-bond acceptors (Lipinski definition) is 9. The summed E-state index contributed by atoms with van der Waals surface area (Å²) >= 11 is 0. The fourth-order valence-corrected chi connectivity index (χ4v) is 9.15. The van der Waals surface area contributed by atoms with Crippen molar-refractivity contribution in [3.63, 3.8) is 0 Å². The van der Waals surface area contributed by atoms with Gasteiger partial charge in [0, 0.05) is 0 Å². The summed E-state index contributed by atoms with van der Waals surface area (Å²) in [5, 5.41) is 48.8. The Balaban J connectivity index is 0.00000251. The lowest BCUT2D eigenvalue weighted by molar-refractivity contribution is -0.138. The molecule has 0 saturated heterocycles. The molecule has 0 spiro atoms. The second kappa shape index (κ2) is 26.3. The van der Waals surface area contributed by atoms with Gasteiger partial charge in [-0.3, -0.25) is 0 Å². The van der Waals surface area contributed by atoms with Gasteiger partial charge in [0.05, 0.1) is 25.2 Å². The Kier molecular flexibility index (Phi) is 25.0. The number of aliphatic hydroxyl groups excluding tert-OH is 3. The van der Waals surface area contributed by atoms with Crippen LogP contribution in [0.1, 0.15) is 231 Å². The van der Waals surface area contributed by atoms with Gasteiger partial charge >= 0.3 is 17.2 Å². The van der Waals surface area contributed by atoms with Crippen molar-refractivity contribution >= 4 is 17.2 Å². The minimum absolute atomic E-state index is 0.396. The molecule has 2 aromatic carbocycles. The zero-order valence-electron chi connectivity index (χ0n) is 41.6. The molecule has 2 rings (SSSR count). The molecule has 360 valence electrons. The summed E-state index contributed by atoms with van der Waals surface area (Å²) in [5.74, 6) is 0. The monoisotopic (exact) mass is 911 g/mol. The molecular formula is C51H92O9P2. The third-order valence-corrected chi connectivity index (χ3v) is 13.5.